The van der Waals surface area contributed by atoms with Crippen LogP contribution in [-0.4, -0.2) is 17.1 Å². The molecule has 0 aliphatic heterocycles. The number of hydrogen-bond acceptors (Lipinski definition) is 6. The van der Waals surface area contributed by atoms with Crippen molar-refractivity contribution in [2.45, 2.75) is 6.92 Å². The summed E-state index contributed by atoms with van der Waals surface area (Å²) >= 11 is 3.08. The summed E-state index contributed by atoms with van der Waals surface area (Å²) in [6.45, 7) is 1.99. The number of rotatable bonds is 3. The lowest BCUT2D eigenvalue weighted by Gasteiger charge is -1.99. The van der Waals surface area contributed by atoms with E-state index in [1.807, 2.05) is 36.6 Å². The van der Waals surface area contributed by atoms with Crippen LogP contribution >= 0.6 is 22.7 Å². The summed E-state index contributed by atoms with van der Waals surface area (Å²) in [5.41, 5.74) is 8.65. The molecule has 2 aromatic heterocycles. The Labute approximate surface area is 124 Å². The van der Waals surface area contributed by atoms with Gasteiger partial charge in [0.05, 0.1) is 23.4 Å². The van der Waals surface area contributed by atoms with Gasteiger partial charge in [-0.15, -0.1) is 22.7 Å². The largest absolute Gasteiger partial charge is 0.497 e. The number of anilines is 1. The molecule has 0 unspecified atom stereocenters. The first-order valence-electron chi connectivity index (χ1n) is 6.00. The van der Waals surface area contributed by atoms with Crippen LogP contribution in [0.2, 0.25) is 0 Å². The first kappa shape index (κ1) is 13.1. The van der Waals surface area contributed by atoms with Gasteiger partial charge >= 0.3 is 0 Å². The summed E-state index contributed by atoms with van der Waals surface area (Å²) < 4.78 is 5.17. The number of aromatic nitrogens is 2. The third kappa shape index (κ3) is 2.39. The molecular formula is C14H13N3OS2. The Morgan fingerprint density at radius 1 is 1.15 bits per heavy atom. The molecule has 2 heterocycles. The normalized spacial score (nSPS) is 10.7. The predicted octanol–water partition coefficient (Wildman–Crippen LogP) is 3.83. The summed E-state index contributed by atoms with van der Waals surface area (Å²) in [7, 11) is 1.66. The van der Waals surface area contributed by atoms with Crippen molar-refractivity contribution in [1.82, 2.24) is 9.97 Å². The van der Waals surface area contributed by atoms with Gasteiger partial charge in [0.15, 0.2) is 5.13 Å². The van der Waals surface area contributed by atoms with E-state index >= 15 is 0 Å². The van der Waals surface area contributed by atoms with Crippen LogP contribution < -0.4 is 10.5 Å². The van der Waals surface area contributed by atoms with Gasteiger partial charge in [0.2, 0.25) is 0 Å². The van der Waals surface area contributed by atoms with E-state index < -0.39 is 0 Å². The van der Waals surface area contributed by atoms with Gasteiger partial charge in [-0.05, 0) is 31.2 Å². The summed E-state index contributed by atoms with van der Waals surface area (Å²) in [4.78, 5) is 10.0. The number of nitrogens with zero attached hydrogens (tertiary/aromatic N) is 2. The Morgan fingerprint density at radius 3 is 2.50 bits per heavy atom. The number of aryl methyl sites for hydroxylation is 1. The van der Waals surface area contributed by atoms with Gasteiger partial charge in [-0.25, -0.2) is 9.97 Å². The molecule has 20 heavy (non-hydrogen) atoms. The van der Waals surface area contributed by atoms with Crippen molar-refractivity contribution in [3.8, 4) is 26.9 Å². The van der Waals surface area contributed by atoms with Crippen molar-refractivity contribution in [2.75, 3.05) is 12.8 Å². The molecule has 0 saturated carbocycles. The minimum absolute atomic E-state index is 0.582. The fourth-order valence-electron chi connectivity index (χ4n) is 1.88. The van der Waals surface area contributed by atoms with Crippen molar-refractivity contribution < 1.29 is 4.74 Å². The third-order valence-corrected chi connectivity index (χ3v) is 4.79. The van der Waals surface area contributed by atoms with Crippen LogP contribution in [0.15, 0.2) is 29.6 Å². The second-order valence-electron chi connectivity index (χ2n) is 4.23. The molecule has 6 heteroatoms. The number of nitrogens with two attached hydrogens (primary N) is 1. The smallest absolute Gasteiger partial charge is 0.180 e. The van der Waals surface area contributed by atoms with E-state index in [9.17, 15) is 0 Å². The third-order valence-electron chi connectivity index (χ3n) is 2.89. The molecule has 4 nitrogen and oxygen atoms in total. The van der Waals surface area contributed by atoms with Crippen LogP contribution in [0.4, 0.5) is 5.13 Å². The molecule has 0 amide bonds. The average Bonchev–Trinajstić information content (AvgIpc) is 3.05. The zero-order valence-corrected chi connectivity index (χ0v) is 12.7. The topological polar surface area (TPSA) is 61.0 Å². The summed E-state index contributed by atoms with van der Waals surface area (Å²) in [5, 5.41) is 3.53. The fraction of sp³-hybridized carbons (Fsp3) is 0.143. The van der Waals surface area contributed by atoms with E-state index in [2.05, 4.69) is 9.97 Å². The Balaban J connectivity index is 1.99. The molecule has 0 fully saturated rings. The maximum atomic E-state index is 5.69. The maximum absolute atomic E-state index is 5.69. The van der Waals surface area contributed by atoms with E-state index in [4.69, 9.17) is 10.5 Å². The first-order chi connectivity index (χ1) is 9.67. The van der Waals surface area contributed by atoms with Gasteiger partial charge in [-0.2, -0.15) is 0 Å². The molecular weight excluding hydrogens is 290 g/mol. The van der Waals surface area contributed by atoms with E-state index in [0.29, 0.717) is 5.13 Å². The number of nitrogen functional groups attached to an aromatic ring is 1. The quantitative estimate of drug-likeness (QED) is 0.798. The monoisotopic (exact) mass is 303 g/mol. The predicted molar refractivity (Wildman–Crippen MR) is 84.4 cm³/mol. The molecule has 0 aliphatic carbocycles. The molecule has 0 bridgehead atoms. The number of methoxy groups -OCH3 is 1. The summed E-state index contributed by atoms with van der Waals surface area (Å²) in [6.07, 6.45) is 0. The molecule has 102 valence electrons. The van der Waals surface area contributed by atoms with Crippen LogP contribution in [-0.2, 0) is 0 Å². The second-order valence-corrected chi connectivity index (χ2v) is 6.12. The van der Waals surface area contributed by atoms with Crippen LogP contribution in [0.25, 0.3) is 21.1 Å². The fourth-order valence-corrected chi connectivity index (χ4v) is 3.54. The van der Waals surface area contributed by atoms with E-state index in [-0.39, 0.29) is 0 Å². The Kier molecular flexibility index (Phi) is 3.42. The molecule has 0 aliphatic rings. The second kappa shape index (κ2) is 5.22. The highest BCUT2D eigenvalue weighted by molar-refractivity contribution is 7.19. The van der Waals surface area contributed by atoms with Gasteiger partial charge in [0.25, 0.3) is 0 Å². The minimum atomic E-state index is 0.582. The molecule has 1 aromatic carbocycles. The highest BCUT2D eigenvalue weighted by atomic mass is 32.1. The standard InChI is InChI=1S/C14H13N3OS2/c1-8-12(11-7-19-14(15)17-11)20-13(16-8)9-3-5-10(18-2)6-4-9/h3-7H,1-2H3,(H2,15,17). The highest BCUT2D eigenvalue weighted by Gasteiger charge is 2.13. The van der Waals surface area contributed by atoms with E-state index in [1.54, 1.807) is 18.4 Å². The summed E-state index contributed by atoms with van der Waals surface area (Å²) in [6, 6.07) is 7.89. The SMILES string of the molecule is COc1ccc(-c2nc(C)c(-c3csc(N)n3)s2)cc1. The molecule has 0 saturated heterocycles. The average molecular weight is 303 g/mol. The van der Waals surface area contributed by atoms with Gasteiger partial charge in [0.1, 0.15) is 10.8 Å². The molecule has 0 atom stereocenters. The van der Waals surface area contributed by atoms with Crippen molar-refractivity contribution in [1.29, 1.82) is 0 Å². The van der Waals surface area contributed by atoms with Gasteiger partial charge in [0, 0.05) is 10.9 Å². The molecule has 2 N–H and O–H groups in total. The number of ether oxygens (including phenoxy) is 1. The zero-order chi connectivity index (χ0) is 14.1. The molecule has 0 spiro atoms. The lowest BCUT2D eigenvalue weighted by Crippen LogP contribution is -1.83. The van der Waals surface area contributed by atoms with Crippen molar-refractivity contribution in [3.63, 3.8) is 0 Å². The lowest BCUT2D eigenvalue weighted by molar-refractivity contribution is 0.415. The Morgan fingerprint density at radius 2 is 1.90 bits per heavy atom. The molecule has 0 radical (unpaired) electrons. The Hall–Kier alpha value is -1.92. The van der Waals surface area contributed by atoms with Crippen LogP contribution in [0, 0.1) is 6.92 Å². The van der Waals surface area contributed by atoms with Crippen LogP contribution in [0.5, 0.6) is 5.75 Å². The van der Waals surface area contributed by atoms with Crippen molar-refractivity contribution >= 4 is 27.8 Å². The Bertz CT molecular complexity index is 731. The zero-order valence-electron chi connectivity index (χ0n) is 11.1. The first-order valence-corrected chi connectivity index (χ1v) is 7.70. The summed E-state index contributed by atoms with van der Waals surface area (Å²) in [5.74, 6) is 0.842. The van der Waals surface area contributed by atoms with Gasteiger partial charge in [-0.1, -0.05) is 0 Å². The highest BCUT2D eigenvalue weighted by Crippen LogP contribution is 2.36. The molecule has 3 aromatic rings. The van der Waals surface area contributed by atoms with Gasteiger partial charge in [-0.3, -0.25) is 0 Å². The number of hydrogen-bond donors (Lipinski definition) is 1. The molecule has 3 rings (SSSR count). The van der Waals surface area contributed by atoms with E-state index in [1.165, 1.54) is 11.3 Å². The number of thiazole rings is 2. The maximum Gasteiger partial charge on any atom is 0.180 e. The van der Waals surface area contributed by atoms with Gasteiger partial charge < -0.3 is 10.5 Å². The van der Waals surface area contributed by atoms with Crippen LogP contribution in [0.1, 0.15) is 5.69 Å². The van der Waals surface area contributed by atoms with Crippen LogP contribution in [0.3, 0.4) is 0 Å². The van der Waals surface area contributed by atoms with Crippen molar-refractivity contribution in [2.24, 2.45) is 0 Å². The minimum Gasteiger partial charge on any atom is -0.497 e. The number of benzene rings is 1. The lowest BCUT2D eigenvalue weighted by atomic mass is 10.2. The van der Waals surface area contributed by atoms with E-state index in [0.717, 1.165) is 32.6 Å². The van der Waals surface area contributed by atoms with Crippen molar-refractivity contribution in [3.05, 3.63) is 35.3 Å².